The number of aliphatic hydroxyl groups excluding tert-OH is 1. The molecule has 2 aromatic heterocycles. The molecule has 37 heavy (non-hydrogen) atoms. The Labute approximate surface area is 224 Å². The zero-order valence-corrected chi connectivity index (χ0v) is 22.0. The van der Waals surface area contributed by atoms with Gasteiger partial charge < -0.3 is 21.5 Å². The molecule has 1 aromatic carbocycles. The van der Waals surface area contributed by atoms with Crippen LogP contribution in [0.15, 0.2) is 18.3 Å². The molecule has 2 heterocycles. The molecule has 0 spiro atoms. The molecular formula is C25H30Cl2FN7O2. The van der Waals surface area contributed by atoms with Crippen molar-refractivity contribution in [3.05, 3.63) is 34.2 Å². The van der Waals surface area contributed by atoms with E-state index in [9.17, 15) is 14.3 Å². The minimum absolute atomic E-state index is 0.0304. The lowest BCUT2D eigenvalue weighted by Crippen LogP contribution is -2.38. The van der Waals surface area contributed by atoms with Gasteiger partial charge in [0.25, 0.3) is 0 Å². The van der Waals surface area contributed by atoms with Crippen LogP contribution in [0.3, 0.4) is 0 Å². The number of primary amides is 1. The number of nitrogens with zero attached hydrogens (tertiary/aromatic N) is 4. The zero-order chi connectivity index (χ0) is 26.3. The zero-order valence-electron chi connectivity index (χ0n) is 20.5. The van der Waals surface area contributed by atoms with Gasteiger partial charge in [-0.05, 0) is 63.5 Å². The number of carbonyl (C=O) groups excluding carboxylic acids is 1. The van der Waals surface area contributed by atoms with Crippen molar-refractivity contribution in [2.45, 2.75) is 76.5 Å². The van der Waals surface area contributed by atoms with E-state index in [1.807, 2.05) is 11.5 Å². The van der Waals surface area contributed by atoms with E-state index >= 15 is 0 Å². The summed E-state index contributed by atoms with van der Waals surface area (Å²) < 4.78 is 15.8. The van der Waals surface area contributed by atoms with Crippen LogP contribution in [0.5, 0.6) is 0 Å². The predicted octanol–water partition coefficient (Wildman–Crippen LogP) is 5.34. The Morgan fingerprint density at radius 1 is 1.19 bits per heavy atom. The standard InChI is InChI=1S/C25H30Cl2FN7O2/c1-25(22(29)37)7-5-15(6-8-25)35-21-19(12-30-23(34-21)31-14-3-2-4-16(36)11-14)32-24(35)33-20-17(26)9-13(28)10-18(20)27/h9-10,12,14-16,36H,2-8,11H2,1H3,(H2,29,37)(H,32,33)(H,30,31,34)/t14-,15-,16+,25+/m0/s1. The van der Waals surface area contributed by atoms with Crippen molar-refractivity contribution in [3.8, 4) is 0 Å². The number of imidazole rings is 1. The van der Waals surface area contributed by atoms with Crippen molar-refractivity contribution in [1.29, 1.82) is 0 Å². The lowest BCUT2D eigenvalue weighted by atomic mass is 9.73. The fourth-order valence-corrected chi connectivity index (χ4v) is 5.94. The molecule has 3 aromatic rings. The highest BCUT2D eigenvalue weighted by molar-refractivity contribution is 6.39. The summed E-state index contributed by atoms with van der Waals surface area (Å²) in [6.45, 7) is 1.90. The number of aliphatic hydroxyl groups is 1. The number of aromatic nitrogens is 4. The second-order valence-electron chi connectivity index (χ2n) is 10.4. The van der Waals surface area contributed by atoms with Crippen molar-refractivity contribution in [3.63, 3.8) is 0 Å². The Hall–Kier alpha value is -2.69. The van der Waals surface area contributed by atoms with Crippen LogP contribution in [0.2, 0.25) is 10.0 Å². The first kappa shape index (κ1) is 25.9. The molecule has 2 fully saturated rings. The second kappa shape index (κ2) is 10.2. The molecule has 2 saturated carbocycles. The number of nitrogens with two attached hydrogens (primary N) is 1. The Kier molecular flexibility index (Phi) is 7.17. The summed E-state index contributed by atoms with van der Waals surface area (Å²) in [4.78, 5) is 26.0. The van der Waals surface area contributed by atoms with Crippen LogP contribution in [0, 0.1) is 11.2 Å². The smallest absolute Gasteiger partial charge is 0.224 e. The fourth-order valence-electron chi connectivity index (χ4n) is 5.39. The minimum atomic E-state index is -0.562. The van der Waals surface area contributed by atoms with Gasteiger partial charge >= 0.3 is 0 Å². The van der Waals surface area contributed by atoms with Crippen LogP contribution in [0.1, 0.15) is 64.3 Å². The average molecular weight is 550 g/mol. The molecule has 0 radical (unpaired) electrons. The Balaban J connectivity index is 1.52. The summed E-state index contributed by atoms with van der Waals surface area (Å²) in [5.41, 5.74) is 6.62. The summed E-state index contributed by atoms with van der Waals surface area (Å²) in [5, 5.41) is 16.8. The lowest BCUT2D eigenvalue weighted by molar-refractivity contribution is -0.128. The number of anilines is 3. The van der Waals surface area contributed by atoms with Crippen LogP contribution in [-0.2, 0) is 4.79 Å². The Morgan fingerprint density at radius 3 is 2.54 bits per heavy atom. The molecular weight excluding hydrogens is 520 g/mol. The molecule has 0 aliphatic heterocycles. The van der Waals surface area contributed by atoms with Crippen LogP contribution in [0.4, 0.5) is 22.0 Å². The summed E-state index contributed by atoms with van der Waals surface area (Å²) >= 11 is 12.6. The highest BCUT2D eigenvalue weighted by atomic mass is 35.5. The molecule has 12 heteroatoms. The molecule has 5 N–H and O–H groups in total. The van der Waals surface area contributed by atoms with E-state index in [-0.39, 0.29) is 34.1 Å². The number of fused-ring (bicyclic) bond motifs is 1. The van der Waals surface area contributed by atoms with Gasteiger partial charge in [0, 0.05) is 17.5 Å². The van der Waals surface area contributed by atoms with Gasteiger partial charge in [0.15, 0.2) is 5.65 Å². The maximum atomic E-state index is 13.8. The van der Waals surface area contributed by atoms with Crippen molar-refractivity contribution in [2.75, 3.05) is 10.6 Å². The Bertz CT molecular complexity index is 1300. The van der Waals surface area contributed by atoms with Gasteiger partial charge in [-0.25, -0.2) is 14.4 Å². The molecule has 5 rings (SSSR count). The molecule has 0 unspecified atom stereocenters. The van der Waals surface area contributed by atoms with Crippen LogP contribution in [0.25, 0.3) is 11.2 Å². The SMILES string of the molecule is C[C@]1(C(N)=O)CC[C@@H](n2c(Nc3c(Cl)cc(F)cc3Cl)nc3cnc(N[C@H]4CCC[C@@H](O)C4)nc32)CC1. The van der Waals surface area contributed by atoms with E-state index in [2.05, 4.69) is 15.6 Å². The topological polar surface area (TPSA) is 131 Å². The van der Waals surface area contributed by atoms with Gasteiger partial charge in [-0.1, -0.05) is 30.1 Å². The summed E-state index contributed by atoms with van der Waals surface area (Å²) in [6.07, 6.45) is 7.26. The number of hydrogen-bond donors (Lipinski definition) is 4. The van der Waals surface area contributed by atoms with E-state index in [1.54, 1.807) is 6.20 Å². The first-order chi connectivity index (χ1) is 17.6. The van der Waals surface area contributed by atoms with Crippen LogP contribution >= 0.6 is 23.2 Å². The number of benzene rings is 1. The molecule has 0 saturated heterocycles. The highest BCUT2D eigenvalue weighted by Crippen LogP contribution is 2.43. The number of halogens is 3. The molecule has 198 valence electrons. The van der Waals surface area contributed by atoms with Crippen molar-refractivity contribution in [1.82, 2.24) is 19.5 Å². The van der Waals surface area contributed by atoms with Crippen molar-refractivity contribution >= 4 is 57.9 Å². The molecule has 2 aliphatic rings. The van der Waals surface area contributed by atoms with E-state index in [1.165, 1.54) is 12.1 Å². The third-order valence-corrected chi connectivity index (χ3v) is 8.27. The number of hydrogen-bond acceptors (Lipinski definition) is 7. The van der Waals surface area contributed by atoms with Gasteiger partial charge in [0.05, 0.1) is 28.0 Å². The first-order valence-corrected chi connectivity index (χ1v) is 13.3. The lowest BCUT2D eigenvalue weighted by Gasteiger charge is -2.35. The van der Waals surface area contributed by atoms with Gasteiger partial charge in [-0.3, -0.25) is 9.36 Å². The number of rotatable bonds is 6. The van der Waals surface area contributed by atoms with E-state index in [0.29, 0.717) is 60.9 Å². The number of amides is 1. The van der Waals surface area contributed by atoms with Gasteiger partial charge in [0.2, 0.25) is 17.8 Å². The maximum Gasteiger partial charge on any atom is 0.224 e. The van der Waals surface area contributed by atoms with E-state index in [0.717, 1.165) is 19.3 Å². The third-order valence-electron chi connectivity index (χ3n) is 7.67. The summed E-state index contributed by atoms with van der Waals surface area (Å²) in [7, 11) is 0. The van der Waals surface area contributed by atoms with Gasteiger partial charge in [-0.15, -0.1) is 0 Å². The minimum Gasteiger partial charge on any atom is -0.393 e. The van der Waals surface area contributed by atoms with E-state index in [4.69, 9.17) is 38.9 Å². The molecule has 2 aliphatic carbocycles. The Morgan fingerprint density at radius 2 is 1.89 bits per heavy atom. The summed E-state index contributed by atoms with van der Waals surface area (Å²) in [6, 6.07) is 2.42. The largest absolute Gasteiger partial charge is 0.393 e. The van der Waals surface area contributed by atoms with E-state index < -0.39 is 11.2 Å². The molecule has 1 amide bonds. The fraction of sp³-hybridized carbons (Fsp3) is 0.520. The quantitative estimate of drug-likeness (QED) is 0.326. The molecule has 2 atom stereocenters. The van der Waals surface area contributed by atoms with Gasteiger partial charge in [-0.2, -0.15) is 4.98 Å². The summed E-state index contributed by atoms with van der Waals surface area (Å²) in [5.74, 6) is 0.0576. The normalized spacial score (nSPS) is 26.2. The third kappa shape index (κ3) is 5.32. The average Bonchev–Trinajstić information content (AvgIpc) is 3.19. The second-order valence-corrected chi connectivity index (χ2v) is 11.2. The predicted molar refractivity (Wildman–Crippen MR) is 142 cm³/mol. The number of nitrogens with one attached hydrogen (secondary N) is 2. The monoisotopic (exact) mass is 549 g/mol. The maximum absolute atomic E-state index is 13.8. The highest BCUT2D eigenvalue weighted by Gasteiger charge is 2.38. The number of carbonyl (C=O) groups is 1. The molecule has 9 nitrogen and oxygen atoms in total. The van der Waals surface area contributed by atoms with Crippen molar-refractivity contribution in [2.24, 2.45) is 11.1 Å². The first-order valence-electron chi connectivity index (χ1n) is 12.5. The molecule has 0 bridgehead atoms. The van der Waals surface area contributed by atoms with Crippen molar-refractivity contribution < 1.29 is 14.3 Å². The van der Waals surface area contributed by atoms with Crippen LogP contribution < -0.4 is 16.4 Å². The van der Waals surface area contributed by atoms with Gasteiger partial charge in [0.1, 0.15) is 11.3 Å². The van der Waals surface area contributed by atoms with Crippen LogP contribution in [-0.4, -0.2) is 42.7 Å².